The Labute approximate surface area is 101 Å². The second-order valence-corrected chi connectivity index (χ2v) is 5.37. The van der Waals surface area contributed by atoms with Gasteiger partial charge in [-0.2, -0.15) is 11.8 Å². The molecule has 0 aromatic carbocycles. The molecular weight excluding hydrogens is 276 g/mol. The molecule has 1 atom stereocenters. The first-order valence-electron chi connectivity index (χ1n) is 4.72. The normalized spacial score (nSPS) is 21.4. The van der Waals surface area contributed by atoms with Gasteiger partial charge in [0.1, 0.15) is 12.1 Å². The Morgan fingerprint density at radius 1 is 1.60 bits per heavy atom. The van der Waals surface area contributed by atoms with Crippen LogP contribution in [0.15, 0.2) is 22.8 Å². The summed E-state index contributed by atoms with van der Waals surface area (Å²) in [5.74, 6) is 2.80. The van der Waals surface area contributed by atoms with Crippen molar-refractivity contribution in [1.82, 2.24) is 4.98 Å². The van der Waals surface area contributed by atoms with Gasteiger partial charge in [-0.1, -0.05) is 0 Å². The third-order valence-corrected chi connectivity index (χ3v) is 3.85. The predicted octanol–water partition coefficient (Wildman–Crippen LogP) is 1.96. The summed E-state index contributed by atoms with van der Waals surface area (Å²) < 4.78 is 0.959. The van der Waals surface area contributed by atoms with Crippen molar-refractivity contribution in [1.29, 1.82) is 0 Å². The molecule has 1 aromatic rings. The Morgan fingerprint density at radius 3 is 3.13 bits per heavy atom. The number of thioether (sulfide) groups is 1. The van der Waals surface area contributed by atoms with Crippen molar-refractivity contribution < 1.29 is 4.79 Å². The van der Waals surface area contributed by atoms with Gasteiger partial charge in [-0.25, -0.2) is 4.98 Å². The Balaban J connectivity index is 2.20. The summed E-state index contributed by atoms with van der Waals surface area (Å²) in [5.41, 5.74) is 0. The summed E-state index contributed by atoms with van der Waals surface area (Å²) in [6, 6.07) is 3.86. The number of rotatable bonds is 2. The van der Waals surface area contributed by atoms with Crippen molar-refractivity contribution in [2.45, 2.75) is 6.04 Å². The van der Waals surface area contributed by atoms with Crippen LogP contribution in [0.3, 0.4) is 0 Å². The number of aldehydes is 1. The summed E-state index contributed by atoms with van der Waals surface area (Å²) in [7, 11) is 0. The molecule has 1 fully saturated rings. The molecular formula is C10H11BrN2OS. The van der Waals surface area contributed by atoms with E-state index in [0.29, 0.717) is 0 Å². The van der Waals surface area contributed by atoms with Crippen molar-refractivity contribution in [2.75, 3.05) is 23.0 Å². The lowest BCUT2D eigenvalue weighted by Crippen LogP contribution is -2.43. The van der Waals surface area contributed by atoms with E-state index >= 15 is 0 Å². The lowest BCUT2D eigenvalue weighted by Gasteiger charge is -2.32. The quantitative estimate of drug-likeness (QED) is 0.779. The van der Waals surface area contributed by atoms with Crippen LogP contribution in [0.2, 0.25) is 0 Å². The standard InChI is InChI=1S/C10H11BrN2OS/c11-8-1-2-10(12-5-8)13-3-4-15-7-9(13)6-14/h1-2,5-6,9H,3-4,7H2. The topological polar surface area (TPSA) is 33.2 Å². The SMILES string of the molecule is O=CC1CSCCN1c1ccc(Br)cn1. The van der Waals surface area contributed by atoms with Crippen LogP contribution in [0.5, 0.6) is 0 Å². The molecule has 0 aliphatic carbocycles. The lowest BCUT2D eigenvalue weighted by molar-refractivity contribution is -0.108. The van der Waals surface area contributed by atoms with E-state index in [9.17, 15) is 4.79 Å². The maximum Gasteiger partial charge on any atom is 0.143 e. The zero-order chi connectivity index (χ0) is 10.7. The van der Waals surface area contributed by atoms with Crippen molar-refractivity contribution in [2.24, 2.45) is 0 Å². The second-order valence-electron chi connectivity index (χ2n) is 3.31. The molecule has 1 aliphatic heterocycles. The Hall–Kier alpha value is -0.550. The molecule has 0 saturated carbocycles. The van der Waals surface area contributed by atoms with E-state index in [-0.39, 0.29) is 6.04 Å². The lowest BCUT2D eigenvalue weighted by atomic mass is 10.3. The van der Waals surface area contributed by atoms with Gasteiger partial charge in [0.05, 0.1) is 6.04 Å². The average molecular weight is 287 g/mol. The second kappa shape index (κ2) is 4.99. The molecule has 80 valence electrons. The first-order chi connectivity index (χ1) is 7.31. The van der Waals surface area contributed by atoms with Gasteiger partial charge in [-0.3, -0.25) is 0 Å². The van der Waals surface area contributed by atoms with Crippen LogP contribution in [-0.4, -0.2) is 35.4 Å². The van der Waals surface area contributed by atoms with Gasteiger partial charge in [0, 0.05) is 28.7 Å². The number of aromatic nitrogens is 1. The number of nitrogens with zero attached hydrogens (tertiary/aromatic N) is 2. The highest BCUT2D eigenvalue weighted by atomic mass is 79.9. The summed E-state index contributed by atoms with van der Waals surface area (Å²) >= 11 is 5.17. The predicted molar refractivity (Wildman–Crippen MR) is 66.5 cm³/mol. The minimum Gasteiger partial charge on any atom is -0.345 e. The minimum absolute atomic E-state index is 0.0302. The Morgan fingerprint density at radius 2 is 2.47 bits per heavy atom. The fourth-order valence-corrected chi connectivity index (χ4v) is 2.78. The van der Waals surface area contributed by atoms with Crippen LogP contribution >= 0.6 is 27.7 Å². The van der Waals surface area contributed by atoms with E-state index < -0.39 is 0 Å². The van der Waals surface area contributed by atoms with Gasteiger partial charge >= 0.3 is 0 Å². The molecule has 1 saturated heterocycles. The zero-order valence-corrected chi connectivity index (χ0v) is 10.5. The van der Waals surface area contributed by atoms with E-state index in [1.807, 2.05) is 23.9 Å². The highest BCUT2D eigenvalue weighted by molar-refractivity contribution is 9.10. The van der Waals surface area contributed by atoms with E-state index in [0.717, 1.165) is 34.6 Å². The van der Waals surface area contributed by atoms with Crippen LogP contribution in [0.1, 0.15) is 0 Å². The highest BCUT2D eigenvalue weighted by Gasteiger charge is 2.22. The largest absolute Gasteiger partial charge is 0.345 e. The number of hydrogen-bond donors (Lipinski definition) is 0. The molecule has 0 N–H and O–H groups in total. The molecule has 15 heavy (non-hydrogen) atoms. The summed E-state index contributed by atoms with van der Waals surface area (Å²) in [6.45, 7) is 0.892. The molecule has 0 radical (unpaired) electrons. The van der Waals surface area contributed by atoms with E-state index in [2.05, 4.69) is 25.8 Å². The summed E-state index contributed by atoms with van der Waals surface area (Å²) in [6.07, 6.45) is 2.77. The molecule has 1 aromatic heterocycles. The maximum atomic E-state index is 10.9. The Kier molecular flexibility index (Phi) is 3.64. The van der Waals surface area contributed by atoms with Crippen LogP contribution in [0, 0.1) is 0 Å². The third kappa shape index (κ3) is 2.52. The minimum atomic E-state index is -0.0302. The van der Waals surface area contributed by atoms with Crippen LogP contribution < -0.4 is 4.90 Å². The van der Waals surface area contributed by atoms with E-state index in [4.69, 9.17) is 0 Å². The molecule has 2 heterocycles. The zero-order valence-electron chi connectivity index (χ0n) is 8.10. The van der Waals surface area contributed by atoms with Gasteiger partial charge in [-0.05, 0) is 28.1 Å². The average Bonchev–Trinajstić information content (AvgIpc) is 2.30. The van der Waals surface area contributed by atoms with Gasteiger partial charge in [0.2, 0.25) is 0 Å². The third-order valence-electron chi connectivity index (χ3n) is 2.33. The van der Waals surface area contributed by atoms with Crippen molar-refractivity contribution in [3.05, 3.63) is 22.8 Å². The smallest absolute Gasteiger partial charge is 0.143 e. The monoisotopic (exact) mass is 286 g/mol. The number of carbonyl (C=O) groups is 1. The molecule has 2 rings (SSSR count). The van der Waals surface area contributed by atoms with Gasteiger partial charge < -0.3 is 9.69 Å². The molecule has 3 nitrogen and oxygen atoms in total. The molecule has 0 amide bonds. The van der Waals surface area contributed by atoms with E-state index in [1.165, 1.54) is 0 Å². The number of carbonyl (C=O) groups excluding carboxylic acids is 1. The first kappa shape index (κ1) is 11.0. The number of halogens is 1. The summed E-state index contributed by atoms with van der Waals surface area (Å²) in [5, 5.41) is 0. The van der Waals surface area contributed by atoms with Crippen LogP contribution in [0.4, 0.5) is 5.82 Å². The van der Waals surface area contributed by atoms with Crippen LogP contribution in [-0.2, 0) is 4.79 Å². The van der Waals surface area contributed by atoms with Crippen molar-refractivity contribution >= 4 is 39.8 Å². The van der Waals surface area contributed by atoms with E-state index in [1.54, 1.807) is 6.20 Å². The fourth-order valence-electron chi connectivity index (χ4n) is 1.56. The number of pyridine rings is 1. The maximum absolute atomic E-state index is 10.9. The van der Waals surface area contributed by atoms with Crippen molar-refractivity contribution in [3.63, 3.8) is 0 Å². The Bertz CT molecular complexity index is 344. The number of hydrogen-bond acceptors (Lipinski definition) is 4. The summed E-state index contributed by atoms with van der Waals surface area (Å²) in [4.78, 5) is 17.3. The highest BCUT2D eigenvalue weighted by Crippen LogP contribution is 2.22. The van der Waals surface area contributed by atoms with Crippen LogP contribution in [0.25, 0.3) is 0 Å². The molecule has 0 bridgehead atoms. The van der Waals surface area contributed by atoms with Gasteiger partial charge in [-0.15, -0.1) is 0 Å². The number of anilines is 1. The molecule has 0 spiro atoms. The molecule has 5 heteroatoms. The van der Waals surface area contributed by atoms with Gasteiger partial charge in [0.25, 0.3) is 0 Å². The first-order valence-corrected chi connectivity index (χ1v) is 6.67. The van der Waals surface area contributed by atoms with Crippen molar-refractivity contribution in [3.8, 4) is 0 Å². The fraction of sp³-hybridized carbons (Fsp3) is 0.400. The van der Waals surface area contributed by atoms with Gasteiger partial charge in [0.15, 0.2) is 0 Å². The molecule has 1 aliphatic rings. The molecule has 1 unspecified atom stereocenters.